The zero-order valence-electron chi connectivity index (χ0n) is 10.3. The van der Waals surface area contributed by atoms with Gasteiger partial charge < -0.3 is 10.1 Å². The highest BCUT2D eigenvalue weighted by Gasteiger charge is 1.98. The molecular formula is C12H25NO2. The summed E-state index contributed by atoms with van der Waals surface area (Å²) in [6.45, 7) is 6.26. The lowest BCUT2D eigenvalue weighted by atomic mass is 10.1. The van der Waals surface area contributed by atoms with Crippen LogP contribution in [-0.4, -0.2) is 26.2 Å². The van der Waals surface area contributed by atoms with Gasteiger partial charge >= 0.3 is 5.97 Å². The van der Waals surface area contributed by atoms with Crippen molar-refractivity contribution >= 4 is 5.97 Å². The van der Waals surface area contributed by atoms with Gasteiger partial charge in [0.25, 0.3) is 0 Å². The third kappa shape index (κ3) is 11.4. The molecule has 0 bridgehead atoms. The van der Waals surface area contributed by atoms with E-state index in [9.17, 15) is 4.79 Å². The Labute approximate surface area is 93.6 Å². The molecular weight excluding hydrogens is 190 g/mol. The van der Waals surface area contributed by atoms with Crippen LogP contribution < -0.4 is 5.32 Å². The van der Waals surface area contributed by atoms with Crippen LogP contribution in [0.1, 0.15) is 46.0 Å². The number of hydrogen-bond acceptors (Lipinski definition) is 3. The molecule has 0 rings (SSSR count). The van der Waals surface area contributed by atoms with Crippen LogP contribution >= 0.6 is 0 Å². The summed E-state index contributed by atoms with van der Waals surface area (Å²) >= 11 is 0. The highest BCUT2D eigenvalue weighted by atomic mass is 16.5. The lowest BCUT2D eigenvalue weighted by Gasteiger charge is -2.05. The van der Waals surface area contributed by atoms with Gasteiger partial charge in [0.1, 0.15) is 0 Å². The molecule has 3 nitrogen and oxygen atoms in total. The van der Waals surface area contributed by atoms with E-state index in [2.05, 4.69) is 23.9 Å². The van der Waals surface area contributed by atoms with E-state index in [-0.39, 0.29) is 5.97 Å². The Morgan fingerprint density at radius 3 is 2.53 bits per heavy atom. The monoisotopic (exact) mass is 215 g/mol. The Bertz CT molecular complexity index is 158. The first kappa shape index (κ1) is 14.4. The highest BCUT2D eigenvalue weighted by Crippen LogP contribution is 2.07. The third-order valence-electron chi connectivity index (χ3n) is 2.37. The maximum atomic E-state index is 10.8. The van der Waals surface area contributed by atoms with E-state index in [0.29, 0.717) is 6.42 Å². The second-order valence-electron chi connectivity index (χ2n) is 4.32. The maximum absolute atomic E-state index is 10.8. The normalized spacial score (nSPS) is 10.7. The van der Waals surface area contributed by atoms with Crippen LogP contribution in [0.2, 0.25) is 0 Å². The van der Waals surface area contributed by atoms with Gasteiger partial charge in [0.05, 0.1) is 13.5 Å². The summed E-state index contributed by atoms with van der Waals surface area (Å²) in [5.74, 6) is 0.680. The fourth-order valence-electron chi connectivity index (χ4n) is 1.40. The molecule has 0 saturated carbocycles. The van der Waals surface area contributed by atoms with Crippen molar-refractivity contribution in [2.75, 3.05) is 20.2 Å². The molecule has 0 unspecified atom stereocenters. The minimum Gasteiger partial charge on any atom is -0.469 e. The number of nitrogens with one attached hydrogen (secondary N) is 1. The summed E-state index contributed by atoms with van der Waals surface area (Å²) < 4.78 is 4.54. The number of unbranched alkanes of at least 4 members (excludes halogenated alkanes) is 2. The van der Waals surface area contributed by atoms with Crippen LogP contribution in [-0.2, 0) is 9.53 Å². The molecule has 0 heterocycles. The first-order chi connectivity index (χ1) is 7.16. The second kappa shape index (κ2) is 9.97. The Kier molecular flexibility index (Phi) is 9.59. The lowest BCUT2D eigenvalue weighted by molar-refractivity contribution is -0.140. The summed E-state index contributed by atoms with van der Waals surface area (Å²) in [5, 5.41) is 3.24. The molecule has 15 heavy (non-hydrogen) atoms. The van der Waals surface area contributed by atoms with E-state index in [1.807, 2.05) is 0 Å². The SMILES string of the molecule is COC(=O)CCNCCCCCC(C)C. The summed E-state index contributed by atoms with van der Waals surface area (Å²) in [7, 11) is 1.42. The van der Waals surface area contributed by atoms with Gasteiger partial charge in [-0.2, -0.15) is 0 Å². The maximum Gasteiger partial charge on any atom is 0.306 e. The molecule has 3 heteroatoms. The molecule has 0 aromatic heterocycles. The zero-order valence-corrected chi connectivity index (χ0v) is 10.3. The molecule has 0 aromatic rings. The molecule has 0 aromatic carbocycles. The van der Waals surface area contributed by atoms with Crippen LogP contribution in [0.15, 0.2) is 0 Å². The van der Waals surface area contributed by atoms with Crippen molar-refractivity contribution < 1.29 is 9.53 Å². The molecule has 0 amide bonds. The summed E-state index contributed by atoms with van der Waals surface area (Å²) in [5.41, 5.74) is 0. The molecule has 0 radical (unpaired) electrons. The molecule has 0 aliphatic rings. The smallest absolute Gasteiger partial charge is 0.306 e. The van der Waals surface area contributed by atoms with Gasteiger partial charge in [0.2, 0.25) is 0 Å². The number of esters is 1. The number of hydrogen-bond donors (Lipinski definition) is 1. The van der Waals surface area contributed by atoms with E-state index < -0.39 is 0 Å². The van der Waals surface area contributed by atoms with Crippen molar-refractivity contribution in [1.29, 1.82) is 0 Å². The van der Waals surface area contributed by atoms with Gasteiger partial charge in [-0.3, -0.25) is 4.79 Å². The second-order valence-corrected chi connectivity index (χ2v) is 4.32. The van der Waals surface area contributed by atoms with Crippen molar-refractivity contribution in [3.05, 3.63) is 0 Å². The first-order valence-corrected chi connectivity index (χ1v) is 5.94. The Balaban J connectivity index is 3.02. The number of carbonyl (C=O) groups is 1. The van der Waals surface area contributed by atoms with Crippen LogP contribution in [0.25, 0.3) is 0 Å². The zero-order chi connectivity index (χ0) is 11.5. The predicted molar refractivity (Wildman–Crippen MR) is 62.8 cm³/mol. The fourth-order valence-corrected chi connectivity index (χ4v) is 1.40. The first-order valence-electron chi connectivity index (χ1n) is 5.94. The summed E-state index contributed by atoms with van der Waals surface area (Å²) in [6, 6.07) is 0. The van der Waals surface area contributed by atoms with Crippen molar-refractivity contribution in [2.45, 2.75) is 46.0 Å². The van der Waals surface area contributed by atoms with Gasteiger partial charge in [0, 0.05) is 6.54 Å². The predicted octanol–water partition coefficient (Wildman–Crippen LogP) is 2.36. The van der Waals surface area contributed by atoms with Crippen molar-refractivity contribution in [3.63, 3.8) is 0 Å². The largest absolute Gasteiger partial charge is 0.469 e. The summed E-state index contributed by atoms with van der Waals surface area (Å²) in [6.07, 6.45) is 5.60. The van der Waals surface area contributed by atoms with Crippen LogP contribution in [0.5, 0.6) is 0 Å². The van der Waals surface area contributed by atoms with E-state index in [4.69, 9.17) is 0 Å². The molecule has 0 fully saturated rings. The van der Waals surface area contributed by atoms with Crippen molar-refractivity contribution in [2.24, 2.45) is 5.92 Å². The van der Waals surface area contributed by atoms with Gasteiger partial charge in [-0.15, -0.1) is 0 Å². The molecule has 0 spiro atoms. The molecule has 0 aliphatic carbocycles. The van der Waals surface area contributed by atoms with Gasteiger partial charge in [-0.1, -0.05) is 33.1 Å². The number of methoxy groups -OCH3 is 1. The van der Waals surface area contributed by atoms with Crippen LogP contribution in [0.4, 0.5) is 0 Å². The quantitative estimate of drug-likeness (QED) is 0.474. The van der Waals surface area contributed by atoms with E-state index in [1.165, 1.54) is 32.8 Å². The third-order valence-corrected chi connectivity index (χ3v) is 2.37. The fraction of sp³-hybridized carbons (Fsp3) is 0.917. The minimum atomic E-state index is -0.137. The van der Waals surface area contributed by atoms with E-state index >= 15 is 0 Å². The number of ether oxygens (including phenoxy) is 1. The number of rotatable bonds is 9. The van der Waals surface area contributed by atoms with Crippen LogP contribution in [0, 0.1) is 5.92 Å². The van der Waals surface area contributed by atoms with Gasteiger partial charge in [-0.25, -0.2) is 0 Å². The van der Waals surface area contributed by atoms with E-state index in [1.54, 1.807) is 0 Å². The topological polar surface area (TPSA) is 38.3 Å². The molecule has 0 saturated heterocycles. The van der Waals surface area contributed by atoms with Crippen molar-refractivity contribution in [3.8, 4) is 0 Å². The van der Waals surface area contributed by atoms with Gasteiger partial charge in [-0.05, 0) is 18.9 Å². The average Bonchev–Trinajstić information content (AvgIpc) is 2.21. The lowest BCUT2D eigenvalue weighted by Crippen LogP contribution is -2.19. The standard InChI is InChI=1S/C12H25NO2/c1-11(2)7-5-4-6-9-13-10-8-12(14)15-3/h11,13H,4-10H2,1-3H3. The Hall–Kier alpha value is -0.570. The minimum absolute atomic E-state index is 0.137. The van der Waals surface area contributed by atoms with E-state index in [0.717, 1.165) is 19.0 Å². The summed E-state index contributed by atoms with van der Waals surface area (Å²) in [4.78, 5) is 10.8. The highest BCUT2D eigenvalue weighted by molar-refractivity contribution is 5.69. The average molecular weight is 215 g/mol. The Morgan fingerprint density at radius 1 is 1.20 bits per heavy atom. The van der Waals surface area contributed by atoms with Crippen LogP contribution in [0.3, 0.4) is 0 Å². The molecule has 90 valence electrons. The molecule has 0 aliphatic heterocycles. The number of carbonyl (C=O) groups excluding carboxylic acids is 1. The molecule has 1 N–H and O–H groups in total. The molecule has 0 atom stereocenters. The Morgan fingerprint density at radius 2 is 1.93 bits per heavy atom. The van der Waals surface area contributed by atoms with Gasteiger partial charge in [0.15, 0.2) is 0 Å². The van der Waals surface area contributed by atoms with Crippen molar-refractivity contribution in [1.82, 2.24) is 5.32 Å².